The molecule has 0 aliphatic carbocycles. The molecule has 1 atom stereocenters. The van der Waals surface area contributed by atoms with E-state index in [0.717, 1.165) is 16.4 Å². The van der Waals surface area contributed by atoms with E-state index in [2.05, 4.69) is 0 Å². The normalized spacial score (nSPS) is 20.4. The molecule has 1 aromatic carbocycles. The number of benzene rings is 1. The van der Waals surface area contributed by atoms with Gasteiger partial charge in [-0.2, -0.15) is 4.31 Å². The number of halogens is 2. The van der Waals surface area contributed by atoms with E-state index in [4.69, 9.17) is 9.84 Å². The lowest BCUT2D eigenvalue weighted by atomic mass is 10.2. The molecule has 1 heterocycles. The molecule has 1 fully saturated rings. The lowest BCUT2D eigenvalue weighted by Gasteiger charge is -2.33. The number of morpholine rings is 1. The van der Waals surface area contributed by atoms with Gasteiger partial charge in [0, 0.05) is 12.6 Å². The molecule has 116 valence electrons. The summed E-state index contributed by atoms with van der Waals surface area (Å²) >= 11 is 0. The average Bonchev–Trinajstić information content (AvgIpc) is 2.37. The number of ether oxygens (including phenoxy) is 1. The van der Waals surface area contributed by atoms with Crippen molar-refractivity contribution in [2.24, 2.45) is 0 Å². The van der Waals surface area contributed by atoms with Gasteiger partial charge in [-0.15, -0.1) is 0 Å². The third kappa shape index (κ3) is 3.36. The fourth-order valence-electron chi connectivity index (χ4n) is 2.13. The minimum atomic E-state index is -4.26. The van der Waals surface area contributed by atoms with Gasteiger partial charge in [0.1, 0.15) is 16.5 Å². The summed E-state index contributed by atoms with van der Waals surface area (Å²) in [6.45, 7) is -0.0936. The van der Waals surface area contributed by atoms with Crippen LogP contribution < -0.4 is 0 Å². The molecule has 1 N–H and O–H groups in total. The highest BCUT2D eigenvalue weighted by molar-refractivity contribution is 7.89. The third-order valence-corrected chi connectivity index (χ3v) is 5.05. The fraction of sp³-hybridized carbons (Fsp3) is 0.417. The standard InChI is InChI=1S/C12H13F2NO5S/c13-8-1-2-11(10(14)5-8)21(18,19)15-3-4-20-7-9(15)6-12(16)17/h1-2,5,9H,3-4,6-7H2,(H,16,17). The second-order valence-corrected chi connectivity index (χ2v) is 6.38. The molecule has 1 aliphatic rings. The zero-order valence-corrected chi connectivity index (χ0v) is 11.6. The van der Waals surface area contributed by atoms with Crippen molar-refractivity contribution in [3.05, 3.63) is 29.8 Å². The Morgan fingerprint density at radius 2 is 2.14 bits per heavy atom. The highest BCUT2D eigenvalue weighted by Gasteiger charge is 2.36. The van der Waals surface area contributed by atoms with Crippen LogP contribution in [-0.4, -0.2) is 49.6 Å². The van der Waals surface area contributed by atoms with Crippen LogP contribution >= 0.6 is 0 Å². The highest BCUT2D eigenvalue weighted by atomic mass is 32.2. The van der Waals surface area contributed by atoms with E-state index in [1.54, 1.807) is 0 Å². The maximum absolute atomic E-state index is 13.7. The summed E-state index contributed by atoms with van der Waals surface area (Å²) in [5, 5.41) is 8.81. The van der Waals surface area contributed by atoms with Crippen LogP contribution in [0.4, 0.5) is 8.78 Å². The van der Waals surface area contributed by atoms with Crippen molar-refractivity contribution < 1.29 is 31.8 Å². The fourth-order valence-corrected chi connectivity index (χ4v) is 3.77. The highest BCUT2D eigenvalue weighted by Crippen LogP contribution is 2.24. The van der Waals surface area contributed by atoms with Crippen LogP contribution in [0.3, 0.4) is 0 Å². The first kappa shape index (κ1) is 15.8. The predicted octanol–water partition coefficient (Wildman–Crippen LogP) is 0.829. The first-order chi connectivity index (χ1) is 9.82. The average molecular weight is 321 g/mol. The number of hydrogen-bond acceptors (Lipinski definition) is 4. The minimum Gasteiger partial charge on any atom is -0.481 e. The first-order valence-corrected chi connectivity index (χ1v) is 7.53. The Labute approximate surface area is 120 Å². The molecular weight excluding hydrogens is 308 g/mol. The smallest absolute Gasteiger partial charge is 0.305 e. The lowest BCUT2D eigenvalue weighted by Crippen LogP contribution is -2.49. The Morgan fingerprint density at radius 3 is 2.76 bits per heavy atom. The van der Waals surface area contributed by atoms with Gasteiger partial charge in [0.15, 0.2) is 0 Å². The Kier molecular flexibility index (Phi) is 4.55. The van der Waals surface area contributed by atoms with Gasteiger partial charge in [0.2, 0.25) is 10.0 Å². The molecule has 0 saturated carbocycles. The van der Waals surface area contributed by atoms with Gasteiger partial charge >= 0.3 is 5.97 Å². The van der Waals surface area contributed by atoms with Crippen LogP contribution in [0.25, 0.3) is 0 Å². The number of carboxylic acid groups (broad SMARTS) is 1. The Bertz CT molecular complexity index is 649. The molecule has 1 saturated heterocycles. The quantitative estimate of drug-likeness (QED) is 0.888. The largest absolute Gasteiger partial charge is 0.481 e. The summed E-state index contributed by atoms with van der Waals surface area (Å²) in [5.74, 6) is -3.30. The third-order valence-electron chi connectivity index (χ3n) is 3.06. The van der Waals surface area contributed by atoms with E-state index in [1.165, 1.54) is 0 Å². The number of rotatable bonds is 4. The number of sulfonamides is 1. The van der Waals surface area contributed by atoms with Crippen molar-refractivity contribution in [1.29, 1.82) is 0 Å². The van der Waals surface area contributed by atoms with Crippen LogP contribution in [0, 0.1) is 11.6 Å². The van der Waals surface area contributed by atoms with Crippen molar-refractivity contribution in [2.45, 2.75) is 17.4 Å². The van der Waals surface area contributed by atoms with Crippen LogP contribution in [-0.2, 0) is 19.6 Å². The number of hydrogen-bond donors (Lipinski definition) is 1. The molecule has 9 heteroatoms. The topological polar surface area (TPSA) is 83.9 Å². The minimum absolute atomic E-state index is 0.0815. The van der Waals surface area contributed by atoms with Crippen molar-refractivity contribution >= 4 is 16.0 Å². The lowest BCUT2D eigenvalue weighted by molar-refractivity contribution is -0.139. The summed E-state index contributed by atoms with van der Waals surface area (Å²) in [6, 6.07) is 1.21. The summed E-state index contributed by atoms with van der Waals surface area (Å²) < 4.78 is 57.4. The molecule has 0 radical (unpaired) electrons. The van der Waals surface area contributed by atoms with Gasteiger partial charge in [-0.25, -0.2) is 17.2 Å². The van der Waals surface area contributed by atoms with Crippen molar-refractivity contribution in [3.63, 3.8) is 0 Å². The molecule has 0 spiro atoms. The maximum atomic E-state index is 13.7. The molecule has 21 heavy (non-hydrogen) atoms. The van der Waals surface area contributed by atoms with Crippen molar-refractivity contribution in [3.8, 4) is 0 Å². The van der Waals surface area contributed by atoms with Gasteiger partial charge in [-0.3, -0.25) is 4.79 Å². The molecular formula is C12H13F2NO5S. The van der Waals surface area contributed by atoms with E-state index in [1.807, 2.05) is 0 Å². The predicted molar refractivity (Wildman–Crippen MR) is 67.1 cm³/mol. The molecule has 0 amide bonds. The monoisotopic (exact) mass is 321 g/mol. The SMILES string of the molecule is O=C(O)CC1COCCN1S(=O)(=O)c1ccc(F)cc1F. The molecule has 1 aliphatic heterocycles. The van der Waals surface area contributed by atoms with Crippen LogP contribution in [0.5, 0.6) is 0 Å². The Hall–Kier alpha value is -1.58. The van der Waals surface area contributed by atoms with Crippen molar-refractivity contribution in [2.75, 3.05) is 19.8 Å². The molecule has 1 aromatic rings. The van der Waals surface area contributed by atoms with Crippen molar-refractivity contribution in [1.82, 2.24) is 4.31 Å². The number of carboxylic acids is 1. The van der Waals surface area contributed by atoms with Crippen LogP contribution in [0.1, 0.15) is 6.42 Å². The van der Waals surface area contributed by atoms with E-state index in [-0.39, 0.29) is 19.8 Å². The second kappa shape index (κ2) is 6.04. The number of aliphatic carboxylic acids is 1. The summed E-state index contributed by atoms with van der Waals surface area (Å²) in [6.07, 6.45) is -0.456. The van der Waals surface area contributed by atoms with Crippen LogP contribution in [0.15, 0.2) is 23.1 Å². The number of carbonyl (C=O) groups is 1. The van der Waals surface area contributed by atoms with Gasteiger partial charge in [0.05, 0.1) is 25.7 Å². The van der Waals surface area contributed by atoms with Crippen LogP contribution in [0.2, 0.25) is 0 Å². The molecule has 0 bridgehead atoms. The number of nitrogens with zero attached hydrogens (tertiary/aromatic N) is 1. The van der Waals surface area contributed by atoms with Gasteiger partial charge in [0.25, 0.3) is 0 Å². The second-order valence-electron chi connectivity index (χ2n) is 4.52. The van der Waals surface area contributed by atoms with Gasteiger partial charge in [-0.1, -0.05) is 0 Å². The molecule has 0 aromatic heterocycles. The Balaban J connectivity index is 2.38. The molecule has 6 nitrogen and oxygen atoms in total. The maximum Gasteiger partial charge on any atom is 0.305 e. The van der Waals surface area contributed by atoms with E-state index in [0.29, 0.717) is 6.07 Å². The summed E-state index contributed by atoms with van der Waals surface area (Å²) in [4.78, 5) is 10.1. The zero-order chi connectivity index (χ0) is 15.6. The molecule has 2 rings (SSSR count). The summed E-state index contributed by atoms with van der Waals surface area (Å²) in [7, 11) is -4.26. The summed E-state index contributed by atoms with van der Waals surface area (Å²) in [5.41, 5.74) is 0. The first-order valence-electron chi connectivity index (χ1n) is 6.09. The van der Waals surface area contributed by atoms with Gasteiger partial charge < -0.3 is 9.84 Å². The van der Waals surface area contributed by atoms with E-state index >= 15 is 0 Å². The Morgan fingerprint density at radius 1 is 1.43 bits per heavy atom. The molecule has 1 unspecified atom stereocenters. The van der Waals surface area contributed by atoms with Gasteiger partial charge in [-0.05, 0) is 12.1 Å². The van der Waals surface area contributed by atoms with E-state index in [9.17, 15) is 22.0 Å². The zero-order valence-electron chi connectivity index (χ0n) is 10.8. The van der Waals surface area contributed by atoms with E-state index < -0.39 is 45.0 Å².